The van der Waals surface area contributed by atoms with Gasteiger partial charge in [0.2, 0.25) is 0 Å². The fourth-order valence-electron chi connectivity index (χ4n) is 7.71. The molecule has 51 heavy (non-hydrogen) atoms. The van der Waals surface area contributed by atoms with Gasteiger partial charge in [-0.15, -0.1) is 0 Å². The molecule has 3 heteroatoms. The molecule has 0 radical (unpaired) electrons. The van der Waals surface area contributed by atoms with Crippen LogP contribution in [0.5, 0.6) is 5.75 Å². The van der Waals surface area contributed by atoms with Gasteiger partial charge in [0.25, 0.3) is 0 Å². The molecule has 1 unspecified atom stereocenters. The number of nitrogens with zero attached hydrogens (tertiary/aromatic N) is 1. The molecule has 1 aromatic heterocycles. The number of furan rings is 1. The second-order valence-electron chi connectivity index (χ2n) is 13.2. The van der Waals surface area contributed by atoms with E-state index in [9.17, 15) is 0 Å². The van der Waals surface area contributed by atoms with Crippen LogP contribution in [-0.4, -0.2) is 6.10 Å². The lowest BCUT2D eigenvalue weighted by Crippen LogP contribution is -2.23. The zero-order valence-corrected chi connectivity index (χ0v) is 27.9. The molecule has 10 rings (SSSR count). The number of benzene rings is 7. The van der Waals surface area contributed by atoms with Crippen LogP contribution in [0, 0.1) is 0 Å². The predicted octanol–water partition coefficient (Wildman–Crippen LogP) is 12.9. The molecule has 1 atom stereocenters. The lowest BCUT2D eigenvalue weighted by Gasteiger charge is -2.31. The third-order valence-electron chi connectivity index (χ3n) is 10.2. The minimum absolute atomic E-state index is 0.0164. The van der Waals surface area contributed by atoms with Crippen LogP contribution in [-0.2, 0) is 0 Å². The molecular formula is C48H33NO2. The van der Waals surface area contributed by atoms with E-state index in [1.54, 1.807) is 0 Å². The van der Waals surface area contributed by atoms with Crippen LogP contribution in [0.25, 0.3) is 60.9 Å². The van der Waals surface area contributed by atoms with Crippen LogP contribution >= 0.6 is 0 Å². The van der Waals surface area contributed by atoms with Crippen LogP contribution in [0.15, 0.2) is 192 Å². The number of hydrogen-bond donors (Lipinski definition) is 0. The Balaban J connectivity index is 1.06. The molecule has 0 bridgehead atoms. The largest absolute Gasteiger partial charge is 0.485 e. The van der Waals surface area contributed by atoms with Crippen LogP contribution in [0.2, 0.25) is 0 Å². The Kier molecular flexibility index (Phi) is 6.95. The highest BCUT2D eigenvalue weighted by Crippen LogP contribution is 2.46. The molecule has 8 aromatic rings. The Morgan fingerprint density at radius 2 is 1.04 bits per heavy atom. The van der Waals surface area contributed by atoms with Crippen molar-refractivity contribution in [2.24, 2.45) is 0 Å². The fraction of sp³-hybridized carbons (Fsp3) is 0.0417. The molecule has 0 N–H and O–H groups in total. The summed E-state index contributed by atoms with van der Waals surface area (Å²) in [6.45, 7) is 0. The summed E-state index contributed by atoms with van der Waals surface area (Å²) in [6.07, 6.45) is 5.33. The van der Waals surface area contributed by atoms with Crippen molar-refractivity contribution < 1.29 is 9.15 Å². The molecule has 3 nitrogen and oxygen atoms in total. The molecular weight excluding hydrogens is 623 g/mol. The van der Waals surface area contributed by atoms with Crippen molar-refractivity contribution in [3.05, 3.63) is 193 Å². The molecule has 2 heterocycles. The summed E-state index contributed by atoms with van der Waals surface area (Å²) >= 11 is 0. The van der Waals surface area contributed by atoms with Crippen molar-refractivity contribution >= 4 is 38.9 Å². The number of anilines is 2. The van der Waals surface area contributed by atoms with E-state index < -0.39 is 0 Å². The van der Waals surface area contributed by atoms with Crippen LogP contribution < -0.4 is 9.64 Å². The maximum absolute atomic E-state index is 6.48. The molecule has 0 saturated carbocycles. The van der Waals surface area contributed by atoms with Crippen molar-refractivity contribution in [3.63, 3.8) is 0 Å². The van der Waals surface area contributed by atoms with Gasteiger partial charge < -0.3 is 14.1 Å². The summed E-state index contributed by atoms with van der Waals surface area (Å²) in [5.74, 6) is 0.947. The number of allylic oxidation sites excluding steroid dienone is 1. The quantitative estimate of drug-likeness (QED) is 0.178. The summed E-state index contributed by atoms with van der Waals surface area (Å²) in [7, 11) is 0. The summed E-state index contributed by atoms with van der Waals surface area (Å²) in [5.41, 5.74) is 14.5. The van der Waals surface area contributed by atoms with E-state index in [0.29, 0.717) is 0 Å². The Labute approximate surface area is 297 Å². The number of hydrogen-bond acceptors (Lipinski definition) is 3. The molecule has 1 aliphatic carbocycles. The highest BCUT2D eigenvalue weighted by atomic mass is 16.5. The van der Waals surface area contributed by atoms with Crippen molar-refractivity contribution in [2.75, 3.05) is 4.90 Å². The second kappa shape index (κ2) is 12.1. The van der Waals surface area contributed by atoms with Gasteiger partial charge in [0.1, 0.15) is 23.0 Å². The normalized spacial score (nSPS) is 14.8. The Morgan fingerprint density at radius 3 is 1.78 bits per heavy atom. The standard InChI is InChI=1S/C48H33NO2/c1-2-10-32(11-3-1)33-20-22-34(23-21-33)35-24-28-37(29-25-35)49(43-16-9-19-46-47(43)42-13-5-7-18-45(42)50-46)38-30-26-36(27-31-38)39-14-8-15-41-40-12-4-6-17-44(40)51-48(39)41/h1-18,20-31,46H,19H2. The van der Waals surface area contributed by atoms with Crippen molar-refractivity contribution in [1.29, 1.82) is 0 Å². The first-order chi connectivity index (χ1) is 25.3. The van der Waals surface area contributed by atoms with E-state index in [2.05, 4.69) is 169 Å². The Bertz CT molecular complexity index is 2610. The molecule has 1 aliphatic heterocycles. The van der Waals surface area contributed by atoms with E-state index in [0.717, 1.165) is 67.9 Å². The topological polar surface area (TPSA) is 25.6 Å². The minimum atomic E-state index is -0.0164. The van der Waals surface area contributed by atoms with Gasteiger partial charge in [0.15, 0.2) is 0 Å². The molecule has 0 fully saturated rings. The first kappa shape index (κ1) is 29.3. The van der Waals surface area contributed by atoms with Gasteiger partial charge in [-0.1, -0.05) is 140 Å². The summed E-state index contributed by atoms with van der Waals surface area (Å²) < 4.78 is 12.9. The molecule has 7 aromatic carbocycles. The minimum Gasteiger partial charge on any atom is -0.485 e. The predicted molar refractivity (Wildman–Crippen MR) is 210 cm³/mol. The van der Waals surface area contributed by atoms with Crippen molar-refractivity contribution in [1.82, 2.24) is 0 Å². The third kappa shape index (κ3) is 5.05. The smallest absolute Gasteiger partial charge is 0.143 e. The molecule has 242 valence electrons. The lowest BCUT2D eigenvalue weighted by atomic mass is 9.93. The Morgan fingerprint density at radius 1 is 0.471 bits per heavy atom. The van der Waals surface area contributed by atoms with Crippen LogP contribution in [0.1, 0.15) is 12.0 Å². The van der Waals surface area contributed by atoms with Gasteiger partial charge in [0, 0.05) is 45.3 Å². The maximum atomic E-state index is 6.48. The zero-order chi connectivity index (χ0) is 33.7. The van der Waals surface area contributed by atoms with E-state index in [1.165, 1.54) is 27.8 Å². The van der Waals surface area contributed by atoms with E-state index in [1.807, 2.05) is 18.2 Å². The maximum Gasteiger partial charge on any atom is 0.143 e. The van der Waals surface area contributed by atoms with Gasteiger partial charge in [0.05, 0.1) is 5.70 Å². The van der Waals surface area contributed by atoms with Gasteiger partial charge >= 0.3 is 0 Å². The van der Waals surface area contributed by atoms with Gasteiger partial charge in [-0.3, -0.25) is 0 Å². The second-order valence-corrected chi connectivity index (χ2v) is 13.2. The summed E-state index contributed by atoms with van der Waals surface area (Å²) in [5, 5.41) is 2.27. The highest BCUT2D eigenvalue weighted by Gasteiger charge is 2.34. The molecule has 0 amide bonds. The van der Waals surface area contributed by atoms with Gasteiger partial charge in [-0.25, -0.2) is 0 Å². The SMILES string of the molecule is C1=CC(N(c2ccc(-c3ccc(-c4ccccc4)cc3)cc2)c2ccc(-c3cccc4c3oc3ccccc34)cc2)=C2c3ccccc3OC2C1. The monoisotopic (exact) mass is 655 g/mol. The van der Waals surface area contributed by atoms with E-state index in [4.69, 9.17) is 9.15 Å². The summed E-state index contributed by atoms with van der Waals surface area (Å²) in [4.78, 5) is 2.37. The van der Waals surface area contributed by atoms with Gasteiger partial charge in [-0.05, 0) is 70.3 Å². The highest BCUT2D eigenvalue weighted by molar-refractivity contribution is 6.09. The van der Waals surface area contributed by atoms with Crippen molar-refractivity contribution in [3.8, 4) is 39.1 Å². The lowest BCUT2D eigenvalue weighted by molar-refractivity contribution is 0.278. The number of ether oxygens (including phenoxy) is 1. The third-order valence-corrected chi connectivity index (χ3v) is 10.2. The average molecular weight is 656 g/mol. The van der Waals surface area contributed by atoms with Crippen LogP contribution in [0.3, 0.4) is 0 Å². The van der Waals surface area contributed by atoms with Crippen LogP contribution in [0.4, 0.5) is 11.4 Å². The number of fused-ring (bicyclic) bond motifs is 6. The fourth-order valence-corrected chi connectivity index (χ4v) is 7.71. The molecule has 0 spiro atoms. The molecule has 0 saturated heterocycles. The van der Waals surface area contributed by atoms with E-state index in [-0.39, 0.29) is 6.10 Å². The van der Waals surface area contributed by atoms with E-state index >= 15 is 0 Å². The first-order valence-electron chi connectivity index (χ1n) is 17.5. The van der Waals surface area contributed by atoms with Crippen molar-refractivity contribution in [2.45, 2.75) is 12.5 Å². The number of rotatable bonds is 6. The Hall–Kier alpha value is -6.58. The zero-order valence-electron chi connectivity index (χ0n) is 27.9. The molecule has 2 aliphatic rings. The number of para-hydroxylation sites is 3. The summed E-state index contributed by atoms with van der Waals surface area (Å²) in [6, 6.07) is 60.2. The van der Waals surface area contributed by atoms with Gasteiger partial charge in [-0.2, -0.15) is 0 Å². The average Bonchev–Trinajstić information content (AvgIpc) is 3.78. The first-order valence-corrected chi connectivity index (χ1v) is 17.5.